The highest BCUT2D eigenvalue weighted by Gasteiger charge is 2.33. The summed E-state index contributed by atoms with van der Waals surface area (Å²) >= 11 is 0. The largest absolute Gasteiger partial charge is 0.388 e. The summed E-state index contributed by atoms with van der Waals surface area (Å²) in [4.78, 5) is 13.3. The number of hydrogen-bond donors (Lipinski definition) is 3. The van der Waals surface area contributed by atoms with E-state index in [2.05, 4.69) is 39.2 Å². The van der Waals surface area contributed by atoms with Gasteiger partial charge < -0.3 is 25.5 Å². The summed E-state index contributed by atoms with van der Waals surface area (Å²) in [6, 6.07) is 6.59. The van der Waals surface area contributed by atoms with Crippen LogP contribution in [0.25, 0.3) is 0 Å². The van der Waals surface area contributed by atoms with Gasteiger partial charge in [0.15, 0.2) is 0 Å². The fraction of sp³-hybridized carbons (Fsp3) is 0.560. The molecule has 3 fully saturated rings. The summed E-state index contributed by atoms with van der Waals surface area (Å²) in [6.45, 7) is 8.12. The summed E-state index contributed by atoms with van der Waals surface area (Å²) in [5.41, 5.74) is 4.14. The van der Waals surface area contributed by atoms with E-state index in [-0.39, 0.29) is 13.1 Å². The van der Waals surface area contributed by atoms with E-state index in [9.17, 15) is 9.50 Å². The lowest BCUT2D eigenvalue weighted by atomic mass is 9.85. The summed E-state index contributed by atoms with van der Waals surface area (Å²) in [7, 11) is 0. The van der Waals surface area contributed by atoms with Crippen molar-refractivity contribution in [2.24, 2.45) is 0 Å². The number of aliphatic hydroxyl groups is 1. The van der Waals surface area contributed by atoms with Gasteiger partial charge in [0.05, 0.1) is 25.8 Å². The van der Waals surface area contributed by atoms with Crippen LogP contribution in [0.5, 0.6) is 0 Å². The number of aliphatic hydroxyl groups excluding tert-OH is 1. The lowest BCUT2D eigenvalue weighted by Crippen LogP contribution is -2.51. The van der Waals surface area contributed by atoms with E-state index in [4.69, 9.17) is 10.1 Å². The number of rotatable bonds is 6. The van der Waals surface area contributed by atoms with Crippen molar-refractivity contribution >= 4 is 23.5 Å². The number of nitrogens with zero attached hydrogens (tertiary/aromatic N) is 4. The van der Waals surface area contributed by atoms with Crippen molar-refractivity contribution in [3.05, 3.63) is 40.7 Å². The van der Waals surface area contributed by atoms with E-state index in [0.717, 1.165) is 50.4 Å². The first-order valence-corrected chi connectivity index (χ1v) is 12.1. The molecular weight excluding hydrogens is 435 g/mol. The Morgan fingerprint density at radius 2 is 1.91 bits per heavy atom. The quantitative estimate of drug-likeness (QED) is 0.561. The third kappa shape index (κ3) is 4.64. The molecule has 4 heterocycles. The molecule has 3 aliphatic heterocycles. The normalized spacial score (nSPS) is 24.3. The van der Waals surface area contributed by atoms with Crippen molar-refractivity contribution in [2.75, 3.05) is 49.6 Å². The van der Waals surface area contributed by atoms with E-state index in [1.807, 2.05) is 0 Å². The van der Waals surface area contributed by atoms with Gasteiger partial charge in [-0.25, -0.2) is 14.4 Å². The first-order valence-electron chi connectivity index (χ1n) is 12.1. The molecule has 0 amide bonds. The fourth-order valence-electron chi connectivity index (χ4n) is 5.27. The van der Waals surface area contributed by atoms with Crippen LogP contribution in [-0.4, -0.2) is 83.9 Å². The van der Waals surface area contributed by atoms with Crippen LogP contribution >= 0.6 is 0 Å². The van der Waals surface area contributed by atoms with Crippen LogP contribution in [-0.2, 0) is 4.74 Å². The van der Waals surface area contributed by atoms with Gasteiger partial charge in [0, 0.05) is 30.1 Å². The highest BCUT2D eigenvalue weighted by molar-refractivity contribution is 5.88. The molecule has 182 valence electrons. The van der Waals surface area contributed by atoms with Gasteiger partial charge in [-0.3, -0.25) is 4.90 Å². The van der Waals surface area contributed by atoms with Crippen molar-refractivity contribution in [3.63, 3.8) is 0 Å². The molecule has 8 nitrogen and oxygen atoms in total. The molecule has 2 unspecified atom stereocenters. The molecule has 3 aliphatic rings. The van der Waals surface area contributed by atoms with Crippen molar-refractivity contribution in [3.8, 4) is 0 Å². The number of hydrogen-bond acceptors (Lipinski definition) is 8. The van der Waals surface area contributed by atoms with Crippen molar-refractivity contribution in [1.29, 1.82) is 5.41 Å². The summed E-state index contributed by atoms with van der Waals surface area (Å²) < 4.78 is 19.2. The molecular formula is C25H33FN6O2. The number of nitrogens with one attached hydrogen (secondary N) is 2. The van der Waals surface area contributed by atoms with E-state index in [0.29, 0.717) is 29.4 Å². The second-order valence-corrected chi connectivity index (χ2v) is 9.71. The first-order chi connectivity index (χ1) is 16.4. The third-order valence-electron chi connectivity index (χ3n) is 7.33. The fourth-order valence-corrected chi connectivity index (χ4v) is 5.27. The predicted octanol–water partition coefficient (Wildman–Crippen LogP) is 2.93. The monoisotopic (exact) mass is 468 g/mol. The number of likely N-dealkylation sites (tertiary alicyclic amines) is 1. The summed E-state index contributed by atoms with van der Waals surface area (Å²) in [5, 5.41) is 21.1. The van der Waals surface area contributed by atoms with Gasteiger partial charge in [0.1, 0.15) is 29.7 Å². The molecule has 3 N–H and O–H groups in total. The van der Waals surface area contributed by atoms with Crippen molar-refractivity contribution < 1.29 is 14.2 Å². The van der Waals surface area contributed by atoms with Gasteiger partial charge in [-0.2, -0.15) is 0 Å². The zero-order chi connectivity index (χ0) is 23.8. The average molecular weight is 469 g/mol. The summed E-state index contributed by atoms with van der Waals surface area (Å²) in [5.74, 6) is 2.23. The van der Waals surface area contributed by atoms with Gasteiger partial charge in [-0.1, -0.05) is 0 Å². The van der Waals surface area contributed by atoms with Crippen molar-refractivity contribution in [2.45, 2.75) is 50.9 Å². The van der Waals surface area contributed by atoms with Gasteiger partial charge in [-0.15, -0.1) is 0 Å². The zero-order valence-corrected chi connectivity index (χ0v) is 19.8. The summed E-state index contributed by atoms with van der Waals surface area (Å²) in [6.07, 6.45) is 1.30. The molecule has 1 aromatic heterocycles. The lowest BCUT2D eigenvalue weighted by Gasteiger charge is -2.41. The van der Waals surface area contributed by atoms with Crippen LogP contribution in [0.1, 0.15) is 41.3 Å². The third-order valence-corrected chi connectivity index (χ3v) is 7.33. The molecule has 34 heavy (non-hydrogen) atoms. The van der Waals surface area contributed by atoms with Gasteiger partial charge in [-0.05, 0) is 69.0 Å². The van der Waals surface area contributed by atoms with Crippen molar-refractivity contribution in [1.82, 2.24) is 14.9 Å². The Morgan fingerprint density at radius 3 is 2.53 bits per heavy atom. The van der Waals surface area contributed by atoms with Crippen LogP contribution in [0.4, 0.5) is 21.7 Å². The lowest BCUT2D eigenvalue weighted by molar-refractivity contribution is -0.0712. The Balaban J connectivity index is 1.37. The van der Waals surface area contributed by atoms with E-state index < -0.39 is 12.3 Å². The van der Waals surface area contributed by atoms with Crippen LogP contribution in [0.15, 0.2) is 18.2 Å². The Hall–Kier alpha value is -2.62. The first kappa shape index (κ1) is 23.1. The molecule has 0 spiro atoms. The maximum Gasteiger partial charge on any atom is 0.145 e. The Labute approximate surface area is 199 Å². The molecule has 5 rings (SSSR count). The number of piperidine rings is 1. The molecule has 0 bridgehead atoms. The number of aryl methyl sites for hydroxylation is 2. The van der Waals surface area contributed by atoms with Crippen LogP contribution in [0, 0.1) is 19.3 Å². The molecule has 2 aromatic rings. The molecule has 3 saturated heterocycles. The number of aromatic nitrogens is 2. The molecule has 0 radical (unpaired) electrons. The second kappa shape index (κ2) is 9.56. The highest BCUT2D eigenvalue weighted by Crippen LogP contribution is 2.35. The maximum atomic E-state index is 13.9. The minimum absolute atomic E-state index is 0.114. The topological polar surface area (TPSA) is 97.6 Å². The molecule has 2 atom stereocenters. The number of alkyl halides is 1. The van der Waals surface area contributed by atoms with Gasteiger partial charge >= 0.3 is 0 Å². The van der Waals surface area contributed by atoms with Gasteiger partial charge in [0.25, 0.3) is 0 Å². The number of ether oxygens (including phenoxy) is 1. The van der Waals surface area contributed by atoms with E-state index in [1.165, 1.54) is 17.3 Å². The number of halogens is 1. The maximum absolute atomic E-state index is 13.9. The molecule has 0 aliphatic carbocycles. The molecule has 0 saturated carbocycles. The molecule has 9 heteroatoms. The number of anilines is 3. The standard InChI is InChI=1S/C25H33FN6O2/c1-15-7-18(10-27)22(8-20(15)17-3-5-31(6-4-17)19-13-34-14-19)30-24-9-25(29-16(2)28-24)32-11-21(26)23(33)12-32/h7-10,17,19,21,23,27,33H,3-6,11-14H2,1-2H3,(H,28,29,30). The Morgan fingerprint density at radius 1 is 1.15 bits per heavy atom. The smallest absolute Gasteiger partial charge is 0.145 e. The van der Waals surface area contributed by atoms with Crippen LogP contribution in [0.2, 0.25) is 0 Å². The highest BCUT2D eigenvalue weighted by atomic mass is 19.1. The SMILES string of the molecule is Cc1nc(Nc2cc(C3CCN(C4COC4)CC3)c(C)cc2C=N)cc(N2CC(O)C(F)C2)n1. The van der Waals surface area contributed by atoms with E-state index in [1.54, 1.807) is 17.9 Å². The number of benzene rings is 1. The minimum Gasteiger partial charge on any atom is -0.388 e. The minimum atomic E-state index is -1.28. The van der Waals surface area contributed by atoms with Crippen LogP contribution < -0.4 is 10.2 Å². The van der Waals surface area contributed by atoms with Crippen LogP contribution in [0.3, 0.4) is 0 Å². The average Bonchev–Trinajstić information content (AvgIpc) is 3.12. The molecule has 1 aromatic carbocycles. The Bertz CT molecular complexity index is 1040. The van der Waals surface area contributed by atoms with E-state index >= 15 is 0 Å². The number of β-amino-alcohol motifs (C(OH)–C–C–N with tert-alkyl or cyclic N) is 1. The second-order valence-electron chi connectivity index (χ2n) is 9.71. The predicted molar refractivity (Wildman–Crippen MR) is 130 cm³/mol. The Kier molecular flexibility index (Phi) is 6.50. The van der Waals surface area contributed by atoms with Gasteiger partial charge in [0.2, 0.25) is 0 Å². The zero-order valence-electron chi connectivity index (χ0n) is 19.8.